The molecule has 0 spiro atoms. The number of rotatable bonds is 3. The summed E-state index contributed by atoms with van der Waals surface area (Å²) in [5, 5.41) is 8.82. The van der Waals surface area contributed by atoms with Gasteiger partial charge in [-0.3, -0.25) is 9.59 Å². The molecule has 0 saturated carbocycles. The van der Waals surface area contributed by atoms with Gasteiger partial charge >= 0.3 is 12.1 Å². The lowest BCUT2D eigenvalue weighted by molar-refractivity contribution is -0.138. The Morgan fingerprint density at radius 2 is 1.95 bits per heavy atom. The van der Waals surface area contributed by atoms with E-state index in [1.54, 1.807) is 0 Å². The fourth-order valence-corrected chi connectivity index (χ4v) is 2.00. The van der Waals surface area contributed by atoms with Gasteiger partial charge in [-0.05, 0) is 29.3 Å². The Kier molecular flexibility index (Phi) is 3.84. The molecule has 0 fully saturated rings. The van der Waals surface area contributed by atoms with Crippen LogP contribution in [-0.2, 0) is 17.4 Å². The maximum atomic E-state index is 12.7. The van der Waals surface area contributed by atoms with Crippen LogP contribution >= 0.6 is 0 Å². The van der Waals surface area contributed by atoms with Crippen LogP contribution < -0.4 is 5.56 Å². The molecule has 110 valence electrons. The predicted molar refractivity (Wildman–Crippen MR) is 68.8 cm³/mol. The minimum atomic E-state index is -4.54. The third-order valence-corrected chi connectivity index (χ3v) is 2.87. The molecule has 0 radical (unpaired) electrons. The summed E-state index contributed by atoms with van der Waals surface area (Å²) in [6, 6.07) is 5.60. The molecule has 0 unspecified atom stereocenters. The zero-order chi connectivity index (χ0) is 15.6. The van der Waals surface area contributed by atoms with E-state index in [1.807, 2.05) is 0 Å². The normalized spacial score (nSPS) is 11.4. The topological polar surface area (TPSA) is 70.2 Å². The second-order valence-electron chi connectivity index (χ2n) is 4.36. The van der Waals surface area contributed by atoms with Gasteiger partial charge in [0, 0.05) is 6.20 Å². The standard InChI is InChI=1S/C14H10F3NO3/c15-14(16,17)10-3-1-2-8(6-10)12-9(7-11(19)20)4-5-18-13(12)21/h1-6H,7H2,(H,18,21)(H,19,20). The number of carboxylic acids is 1. The third kappa shape index (κ3) is 3.31. The zero-order valence-corrected chi connectivity index (χ0v) is 10.6. The molecule has 2 rings (SSSR count). The molecular weight excluding hydrogens is 287 g/mol. The maximum Gasteiger partial charge on any atom is 0.416 e. The number of carboxylic acid groups (broad SMARTS) is 1. The van der Waals surface area contributed by atoms with Gasteiger partial charge < -0.3 is 10.1 Å². The highest BCUT2D eigenvalue weighted by atomic mass is 19.4. The van der Waals surface area contributed by atoms with E-state index in [-0.39, 0.29) is 16.7 Å². The number of alkyl halides is 3. The van der Waals surface area contributed by atoms with Crippen molar-refractivity contribution in [2.75, 3.05) is 0 Å². The Morgan fingerprint density at radius 1 is 1.24 bits per heavy atom. The second-order valence-corrected chi connectivity index (χ2v) is 4.36. The van der Waals surface area contributed by atoms with Gasteiger partial charge in [0.2, 0.25) is 0 Å². The molecule has 1 aromatic heterocycles. The Hall–Kier alpha value is -2.57. The Bertz CT molecular complexity index is 735. The number of H-pyrrole nitrogens is 1. The summed E-state index contributed by atoms with van der Waals surface area (Å²) in [5.41, 5.74) is -1.41. The number of aliphatic carboxylic acids is 1. The number of pyridine rings is 1. The first kappa shape index (κ1) is 14.8. The Labute approximate surface area is 116 Å². The highest BCUT2D eigenvalue weighted by Crippen LogP contribution is 2.32. The summed E-state index contributed by atoms with van der Waals surface area (Å²) in [6.45, 7) is 0. The van der Waals surface area contributed by atoms with E-state index in [4.69, 9.17) is 5.11 Å². The molecule has 0 aliphatic rings. The van der Waals surface area contributed by atoms with Crippen LogP contribution in [-0.4, -0.2) is 16.1 Å². The number of hydrogen-bond donors (Lipinski definition) is 2. The van der Waals surface area contributed by atoms with Crippen molar-refractivity contribution < 1.29 is 23.1 Å². The van der Waals surface area contributed by atoms with Crippen LogP contribution in [0.25, 0.3) is 11.1 Å². The molecule has 7 heteroatoms. The first-order chi connectivity index (χ1) is 9.79. The molecule has 0 aliphatic carbocycles. The van der Waals surface area contributed by atoms with Crippen LogP contribution in [0, 0.1) is 0 Å². The van der Waals surface area contributed by atoms with E-state index in [9.17, 15) is 22.8 Å². The van der Waals surface area contributed by atoms with Crippen molar-refractivity contribution >= 4 is 5.97 Å². The smallest absolute Gasteiger partial charge is 0.416 e. The molecule has 1 heterocycles. The van der Waals surface area contributed by atoms with E-state index >= 15 is 0 Å². The fourth-order valence-electron chi connectivity index (χ4n) is 2.00. The summed E-state index contributed by atoms with van der Waals surface area (Å²) < 4.78 is 38.1. The number of halogens is 3. The van der Waals surface area contributed by atoms with Gasteiger partial charge in [-0.15, -0.1) is 0 Å². The summed E-state index contributed by atoms with van der Waals surface area (Å²) in [7, 11) is 0. The van der Waals surface area contributed by atoms with Crippen molar-refractivity contribution in [2.45, 2.75) is 12.6 Å². The SMILES string of the molecule is O=C(O)Cc1cc[nH]c(=O)c1-c1cccc(C(F)(F)F)c1. The molecule has 2 aromatic rings. The van der Waals surface area contributed by atoms with E-state index in [1.165, 1.54) is 24.4 Å². The van der Waals surface area contributed by atoms with Gasteiger partial charge in [0.05, 0.1) is 17.5 Å². The van der Waals surface area contributed by atoms with Gasteiger partial charge in [-0.25, -0.2) is 0 Å². The van der Waals surface area contributed by atoms with E-state index < -0.39 is 29.7 Å². The van der Waals surface area contributed by atoms with Crippen molar-refractivity contribution in [3.8, 4) is 11.1 Å². The second kappa shape index (κ2) is 5.43. The van der Waals surface area contributed by atoms with Crippen LogP contribution in [0.5, 0.6) is 0 Å². The third-order valence-electron chi connectivity index (χ3n) is 2.87. The summed E-state index contributed by atoms with van der Waals surface area (Å²) in [5.74, 6) is -1.17. The lowest BCUT2D eigenvalue weighted by Gasteiger charge is -2.10. The molecule has 2 N–H and O–H groups in total. The first-order valence-electron chi connectivity index (χ1n) is 5.89. The average Bonchev–Trinajstić information content (AvgIpc) is 2.37. The minimum Gasteiger partial charge on any atom is -0.481 e. The Morgan fingerprint density at radius 3 is 2.57 bits per heavy atom. The quantitative estimate of drug-likeness (QED) is 0.915. The number of benzene rings is 1. The van der Waals surface area contributed by atoms with Crippen LogP contribution in [0.4, 0.5) is 13.2 Å². The first-order valence-corrected chi connectivity index (χ1v) is 5.89. The molecule has 4 nitrogen and oxygen atoms in total. The number of hydrogen-bond acceptors (Lipinski definition) is 2. The largest absolute Gasteiger partial charge is 0.481 e. The average molecular weight is 297 g/mol. The molecule has 0 amide bonds. The molecule has 0 aliphatic heterocycles. The van der Waals surface area contributed by atoms with Gasteiger partial charge in [0.1, 0.15) is 0 Å². The number of carbonyl (C=O) groups is 1. The lowest BCUT2D eigenvalue weighted by Crippen LogP contribution is -2.14. The van der Waals surface area contributed by atoms with Crippen molar-refractivity contribution in [2.24, 2.45) is 0 Å². The van der Waals surface area contributed by atoms with Crippen LogP contribution in [0.2, 0.25) is 0 Å². The minimum absolute atomic E-state index is 0.0305. The number of aromatic amines is 1. The van der Waals surface area contributed by atoms with Gasteiger partial charge in [-0.1, -0.05) is 12.1 Å². The van der Waals surface area contributed by atoms with Gasteiger partial charge in [-0.2, -0.15) is 13.2 Å². The van der Waals surface area contributed by atoms with Crippen LogP contribution in [0.15, 0.2) is 41.3 Å². The summed E-state index contributed by atoms with van der Waals surface area (Å²) >= 11 is 0. The van der Waals surface area contributed by atoms with Crippen LogP contribution in [0.3, 0.4) is 0 Å². The van der Waals surface area contributed by atoms with E-state index in [0.717, 1.165) is 12.1 Å². The fraction of sp³-hybridized carbons (Fsp3) is 0.143. The molecule has 1 aromatic carbocycles. The maximum absolute atomic E-state index is 12.7. The van der Waals surface area contributed by atoms with Crippen LogP contribution in [0.1, 0.15) is 11.1 Å². The Balaban J connectivity index is 2.62. The molecule has 21 heavy (non-hydrogen) atoms. The van der Waals surface area contributed by atoms with E-state index in [2.05, 4.69) is 4.98 Å². The molecule has 0 bridgehead atoms. The molecule has 0 atom stereocenters. The van der Waals surface area contributed by atoms with Crippen molar-refractivity contribution in [1.29, 1.82) is 0 Å². The highest BCUT2D eigenvalue weighted by Gasteiger charge is 2.30. The van der Waals surface area contributed by atoms with Crippen molar-refractivity contribution in [3.05, 3.63) is 58.0 Å². The summed E-state index contributed by atoms with van der Waals surface area (Å²) in [6.07, 6.45) is -3.72. The number of nitrogens with one attached hydrogen (secondary N) is 1. The van der Waals surface area contributed by atoms with Crippen molar-refractivity contribution in [1.82, 2.24) is 4.98 Å². The lowest BCUT2D eigenvalue weighted by atomic mass is 9.98. The van der Waals surface area contributed by atoms with Gasteiger partial charge in [0.25, 0.3) is 5.56 Å². The number of aromatic nitrogens is 1. The highest BCUT2D eigenvalue weighted by molar-refractivity contribution is 5.76. The van der Waals surface area contributed by atoms with Gasteiger partial charge in [0.15, 0.2) is 0 Å². The zero-order valence-electron chi connectivity index (χ0n) is 10.6. The monoisotopic (exact) mass is 297 g/mol. The molecule has 0 saturated heterocycles. The van der Waals surface area contributed by atoms with E-state index in [0.29, 0.717) is 0 Å². The van der Waals surface area contributed by atoms with Crippen molar-refractivity contribution in [3.63, 3.8) is 0 Å². The predicted octanol–water partition coefficient (Wildman–Crippen LogP) is 2.69. The molecular formula is C14H10F3NO3. The summed E-state index contributed by atoms with van der Waals surface area (Å²) in [4.78, 5) is 25.0.